The van der Waals surface area contributed by atoms with Crippen molar-refractivity contribution < 1.29 is 0 Å². The number of nitrogens with zero attached hydrogens (tertiary/aromatic N) is 3. The highest BCUT2D eigenvalue weighted by Gasteiger charge is 2.15. The lowest BCUT2D eigenvalue weighted by Crippen LogP contribution is -2.44. The van der Waals surface area contributed by atoms with Crippen LogP contribution in [0.2, 0.25) is 0 Å². The summed E-state index contributed by atoms with van der Waals surface area (Å²) < 4.78 is 0. The molecule has 2 heterocycles. The van der Waals surface area contributed by atoms with Gasteiger partial charge in [0.15, 0.2) is 5.82 Å². The highest BCUT2D eigenvalue weighted by atomic mass is 35.5. The van der Waals surface area contributed by atoms with Crippen LogP contribution in [0.15, 0.2) is 6.33 Å². The smallest absolute Gasteiger partial charge is 0.155 e. The summed E-state index contributed by atoms with van der Waals surface area (Å²) in [5.74, 6) is 0.874. The van der Waals surface area contributed by atoms with Gasteiger partial charge in [0, 0.05) is 26.2 Å². The van der Waals surface area contributed by atoms with E-state index in [1.807, 2.05) is 6.92 Å². The molecular weight excluding hydrogens is 214 g/mol. The number of halogens is 1. The molecule has 0 atom stereocenters. The third kappa shape index (κ3) is 2.49. The lowest BCUT2D eigenvalue weighted by Gasteiger charge is -2.29. The van der Waals surface area contributed by atoms with Crippen LogP contribution in [-0.4, -0.2) is 36.1 Å². The van der Waals surface area contributed by atoms with E-state index >= 15 is 0 Å². The first kappa shape index (κ1) is 12.0. The van der Waals surface area contributed by atoms with Crippen molar-refractivity contribution >= 4 is 23.9 Å². The summed E-state index contributed by atoms with van der Waals surface area (Å²) in [5.41, 5.74) is 7.48. The fraction of sp³-hybridized carbons (Fsp3) is 0.556. The quantitative estimate of drug-likeness (QED) is 0.720. The molecular formula is C9H16ClN5. The first-order chi connectivity index (χ1) is 6.79. The maximum atomic E-state index is 5.93. The second-order valence-electron chi connectivity index (χ2n) is 3.43. The SMILES string of the molecule is Cc1ncnc(N2CCNCC2)c1N.Cl. The van der Waals surface area contributed by atoms with Gasteiger partial charge in [-0.25, -0.2) is 9.97 Å². The van der Waals surface area contributed by atoms with Crippen molar-refractivity contribution in [2.24, 2.45) is 0 Å². The highest BCUT2D eigenvalue weighted by molar-refractivity contribution is 5.85. The molecule has 0 aliphatic carbocycles. The van der Waals surface area contributed by atoms with Gasteiger partial charge in [-0.2, -0.15) is 0 Å². The first-order valence-electron chi connectivity index (χ1n) is 4.82. The van der Waals surface area contributed by atoms with E-state index < -0.39 is 0 Å². The van der Waals surface area contributed by atoms with E-state index in [4.69, 9.17) is 5.73 Å². The number of hydrogen-bond acceptors (Lipinski definition) is 5. The molecule has 5 nitrogen and oxygen atoms in total. The van der Waals surface area contributed by atoms with Crippen LogP contribution in [0.4, 0.5) is 11.5 Å². The van der Waals surface area contributed by atoms with Crippen LogP contribution in [0.5, 0.6) is 0 Å². The molecule has 0 bridgehead atoms. The van der Waals surface area contributed by atoms with E-state index in [1.54, 1.807) is 6.33 Å². The Morgan fingerprint density at radius 1 is 1.33 bits per heavy atom. The maximum Gasteiger partial charge on any atom is 0.155 e. The van der Waals surface area contributed by atoms with Gasteiger partial charge in [0.25, 0.3) is 0 Å². The fourth-order valence-corrected chi connectivity index (χ4v) is 1.60. The molecule has 0 spiro atoms. The van der Waals surface area contributed by atoms with Crippen LogP contribution >= 0.6 is 12.4 Å². The van der Waals surface area contributed by atoms with E-state index in [0.29, 0.717) is 5.69 Å². The summed E-state index contributed by atoms with van der Waals surface area (Å²) in [6, 6.07) is 0. The summed E-state index contributed by atoms with van der Waals surface area (Å²) >= 11 is 0. The molecule has 0 radical (unpaired) electrons. The molecule has 0 amide bonds. The minimum atomic E-state index is 0. The monoisotopic (exact) mass is 229 g/mol. The molecule has 0 unspecified atom stereocenters. The zero-order valence-corrected chi connectivity index (χ0v) is 9.55. The predicted octanol–water partition coefficient (Wildman–Crippen LogP) is 0.199. The third-order valence-electron chi connectivity index (χ3n) is 2.48. The summed E-state index contributed by atoms with van der Waals surface area (Å²) in [6.07, 6.45) is 1.57. The Hall–Kier alpha value is -1.07. The second kappa shape index (κ2) is 5.14. The molecule has 1 saturated heterocycles. The van der Waals surface area contributed by atoms with E-state index in [2.05, 4.69) is 20.2 Å². The lowest BCUT2D eigenvalue weighted by atomic mass is 10.3. The molecule has 1 aromatic heterocycles. The molecule has 15 heavy (non-hydrogen) atoms. The summed E-state index contributed by atoms with van der Waals surface area (Å²) in [7, 11) is 0. The number of aromatic nitrogens is 2. The van der Waals surface area contributed by atoms with Crippen LogP contribution < -0.4 is 16.0 Å². The van der Waals surface area contributed by atoms with Gasteiger partial charge < -0.3 is 16.0 Å². The van der Waals surface area contributed by atoms with Gasteiger partial charge in [0.05, 0.1) is 11.4 Å². The van der Waals surface area contributed by atoms with Gasteiger partial charge in [-0.05, 0) is 6.92 Å². The molecule has 1 fully saturated rings. The van der Waals surface area contributed by atoms with Gasteiger partial charge in [-0.15, -0.1) is 12.4 Å². The number of nitrogen functional groups attached to an aromatic ring is 1. The predicted molar refractivity (Wildman–Crippen MR) is 63.5 cm³/mol. The van der Waals surface area contributed by atoms with Crippen LogP contribution in [0, 0.1) is 6.92 Å². The Morgan fingerprint density at radius 2 is 2.00 bits per heavy atom. The molecule has 1 aliphatic rings. The van der Waals surface area contributed by atoms with Gasteiger partial charge in [0.2, 0.25) is 0 Å². The van der Waals surface area contributed by atoms with Gasteiger partial charge >= 0.3 is 0 Å². The Labute approximate surface area is 95.5 Å². The number of anilines is 2. The highest BCUT2D eigenvalue weighted by Crippen LogP contribution is 2.21. The number of nitrogens with two attached hydrogens (primary N) is 1. The molecule has 0 aromatic carbocycles. The van der Waals surface area contributed by atoms with E-state index in [-0.39, 0.29) is 12.4 Å². The molecule has 2 rings (SSSR count). The molecule has 1 aromatic rings. The molecule has 0 saturated carbocycles. The molecule has 3 N–H and O–H groups in total. The lowest BCUT2D eigenvalue weighted by molar-refractivity contribution is 0.585. The molecule has 6 heteroatoms. The van der Waals surface area contributed by atoms with Gasteiger partial charge in [0.1, 0.15) is 6.33 Å². The maximum absolute atomic E-state index is 5.93. The number of aryl methyl sites for hydroxylation is 1. The van der Waals surface area contributed by atoms with Crippen molar-refractivity contribution in [1.82, 2.24) is 15.3 Å². The standard InChI is InChI=1S/C9H15N5.ClH/c1-7-8(10)9(13-6-12-7)14-4-2-11-3-5-14;/h6,11H,2-5,10H2,1H3;1H. The zero-order chi connectivity index (χ0) is 9.97. The number of piperazine rings is 1. The summed E-state index contributed by atoms with van der Waals surface area (Å²) in [5, 5.41) is 3.29. The second-order valence-corrected chi connectivity index (χ2v) is 3.43. The number of rotatable bonds is 1. The van der Waals surface area contributed by atoms with Gasteiger partial charge in [-0.3, -0.25) is 0 Å². The zero-order valence-electron chi connectivity index (χ0n) is 8.73. The Bertz CT molecular complexity index is 324. The average Bonchev–Trinajstić information content (AvgIpc) is 2.23. The summed E-state index contributed by atoms with van der Waals surface area (Å²) in [6.45, 7) is 5.80. The van der Waals surface area contributed by atoms with Gasteiger partial charge in [-0.1, -0.05) is 0 Å². The number of nitrogens with one attached hydrogen (secondary N) is 1. The Morgan fingerprint density at radius 3 is 2.67 bits per heavy atom. The first-order valence-corrected chi connectivity index (χ1v) is 4.82. The van der Waals surface area contributed by atoms with Crippen LogP contribution in [0.1, 0.15) is 5.69 Å². The van der Waals surface area contributed by atoms with Crippen LogP contribution in [0.25, 0.3) is 0 Å². The molecule has 1 aliphatic heterocycles. The van der Waals surface area contributed by atoms with Crippen molar-refractivity contribution in [2.75, 3.05) is 36.8 Å². The fourth-order valence-electron chi connectivity index (χ4n) is 1.60. The Balaban J connectivity index is 0.00000112. The van der Waals surface area contributed by atoms with Crippen molar-refractivity contribution in [3.05, 3.63) is 12.0 Å². The van der Waals surface area contributed by atoms with E-state index in [9.17, 15) is 0 Å². The van der Waals surface area contributed by atoms with E-state index in [0.717, 1.165) is 37.7 Å². The van der Waals surface area contributed by atoms with Crippen molar-refractivity contribution in [3.8, 4) is 0 Å². The number of hydrogen-bond donors (Lipinski definition) is 2. The van der Waals surface area contributed by atoms with Crippen LogP contribution in [-0.2, 0) is 0 Å². The summed E-state index contributed by atoms with van der Waals surface area (Å²) in [4.78, 5) is 10.5. The normalized spacial score (nSPS) is 15.9. The average molecular weight is 230 g/mol. The molecule has 84 valence electrons. The van der Waals surface area contributed by atoms with Crippen molar-refractivity contribution in [1.29, 1.82) is 0 Å². The van der Waals surface area contributed by atoms with E-state index in [1.165, 1.54) is 0 Å². The topological polar surface area (TPSA) is 67.1 Å². The largest absolute Gasteiger partial charge is 0.394 e. The third-order valence-corrected chi connectivity index (χ3v) is 2.48. The minimum Gasteiger partial charge on any atom is -0.394 e. The van der Waals surface area contributed by atoms with Crippen LogP contribution in [0.3, 0.4) is 0 Å². The Kier molecular flexibility index (Phi) is 4.11. The van der Waals surface area contributed by atoms with Crippen molar-refractivity contribution in [2.45, 2.75) is 6.92 Å². The minimum absolute atomic E-state index is 0. The van der Waals surface area contributed by atoms with Crippen molar-refractivity contribution in [3.63, 3.8) is 0 Å².